The van der Waals surface area contributed by atoms with Crippen LogP contribution in [0.25, 0.3) is 0 Å². The van der Waals surface area contributed by atoms with Gasteiger partial charge in [0.1, 0.15) is 10.6 Å². The van der Waals surface area contributed by atoms with Crippen LogP contribution in [0.3, 0.4) is 0 Å². The Labute approximate surface area is 134 Å². The topological polar surface area (TPSA) is 55.8 Å². The van der Waals surface area contributed by atoms with E-state index in [1.54, 1.807) is 0 Å². The van der Waals surface area contributed by atoms with Gasteiger partial charge in [0.15, 0.2) is 0 Å². The highest BCUT2D eigenvalue weighted by Gasteiger charge is 2.28. The molecule has 0 spiro atoms. The lowest BCUT2D eigenvalue weighted by molar-refractivity contribution is 0.0979. The van der Waals surface area contributed by atoms with E-state index in [4.69, 9.17) is 32.7 Å². The minimum Gasteiger partial charge on any atom is -0.495 e. The quantitative estimate of drug-likeness (QED) is 0.816. The number of hydrogen-bond donors (Lipinski definition) is 0. The van der Waals surface area contributed by atoms with E-state index >= 15 is 0 Å². The summed E-state index contributed by atoms with van der Waals surface area (Å²) in [6.45, 7) is 0.968. The van der Waals surface area contributed by atoms with Gasteiger partial charge < -0.3 is 9.47 Å². The second-order valence-electron chi connectivity index (χ2n) is 4.84. The summed E-state index contributed by atoms with van der Waals surface area (Å²) in [4.78, 5) is -0.0320. The molecule has 1 aliphatic rings. The first kappa shape index (κ1) is 16.8. The number of halogens is 2. The molecule has 1 aromatic carbocycles. The molecule has 5 nitrogen and oxygen atoms in total. The van der Waals surface area contributed by atoms with E-state index in [1.807, 2.05) is 0 Å². The summed E-state index contributed by atoms with van der Waals surface area (Å²) in [6.07, 6.45) is 1.74. The van der Waals surface area contributed by atoms with Crippen molar-refractivity contribution in [3.05, 3.63) is 22.2 Å². The van der Waals surface area contributed by atoms with E-state index in [-0.39, 0.29) is 21.0 Å². The van der Waals surface area contributed by atoms with E-state index < -0.39 is 10.0 Å². The second-order valence-corrected chi connectivity index (χ2v) is 7.67. The molecular weight excluding hydrogens is 337 g/mol. The highest BCUT2D eigenvalue weighted by atomic mass is 35.5. The molecule has 1 unspecified atom stereocenters. The molecule has 1 saturated heterocycles. The summed E-state index contributed by atoms with van der Waals surface area (Å²) in [5.74, 6) is 0.336. The van der Waals surface area contributed by atoms with E-state index in [2.05, 4.69) is 0 Å². The number of rotatable bonds is 5. The first-order chi connectivity index (χ1) is 9.86. The third-order valence-electron chi connectivity index (χ3n) is 3.38. The Kier molecular flexibility index (Phi) is 5.38. The van der Waals surface area contributed by atoms with E-state index in [9.17, 15) is 8.42 Å². The molecule has 8 heteroatoms. The highest BCUT2D eigenvalue weighted by molar-refractivity contribution is 7.89. The number of sulfonamides is 1. The molecule has 2 rings (SSSR count). The fourth-order valence-electron chi connectivity index (χ4n) is 2.21. The number of benzene rings is 1. The third kappa shape index (κ3) is 3.63. The molecule has 0 amide bonds. The van der Waals surface area contributed by atoms with Crippen molar-refractivity contribution in [1.82, 2.24) is 4.31 Å². The Balaban J connectivity index is 2.28. The maximum Gasteiger partial charge on any atom is 0.244 e. The molecule has 0 aliphatic carbocycles. The van der Waals surface area contributed by atoms with Gasteiger partial charge in [0.2, 0.25) is 10.0 Å². The summed E-state index contributed by atoms with van der Waals surface area (Å²) in [6, 6.07) is 2.71. The molecule has 1 atom stereocenters. The predicted octanol–water partition coefficient (Wildman–Crippen LogP) is 2.80. The molecule has 0 aromatic heterocycles. The van der Waals surface area contributed by atoms with Crippen LogP contribution in [0.5, 0.6) is 5.75 Å². The van der Waals surface area contributed by atoms with Crippen molar-refractivity contribution >= 4 is 33.2 Å². The molecule has 118 valence electrons. The Morgan fingerprint density at radius 3 is 2.67 bits per heavy atom. The van der Waals surface area contributed by atoms with Gasteiger partial charge in [0.05, 0.1) is 23.3 Å². The number of hydrogen-bond acceptors (Lipinski definition) is 4. The van der Waals surface area contributed by atoms with Gasteiger partial charge in [-0.1, -0.05) is 23.2 Å². The van der Waals surface area contributed by atoms with Crippen molar-refractivity contribution < 1.29 is 17.9 Å². The van der Waals surface area contributed by atoms with Gasteiger partial charge in [-0.2, -0.15) is 4.31 Å². The third-order valence-corrected chi connectivity index (χ3v) is 5.96. The molecular formula is C13H17Cl2NO4S. The first-order valence-corrected chi connectivity index (χ1v) is 8.67. The van der Waals surface area contributed by atoms with Crippen LogP contribution in [-0.4, -0.2) is 46.1 Å². The zero-order chi connectivity index (χ0) is 15.6. The van der Waals surface area contributed by atoms with Crippen LogP contribution in [0.2, 0.25) is 10.0 Å². The SMILES string of the molecule is COc1cc(Cl)c(S(=O)(=O)N(C)CC2CCCO2)cc1Cl. The van der Waals surface area contributed by atoms with Crippen molar-refractivity contribution in [1.29, 1.82) is 0 Å². The van der Waals surface area contributed by atoms with Crippen LogP contribution < -0.4 is 4.74 Å². The van der Waals surface area contributed by atoms with Crippen LogP contribution in [-0.2, 0) is 14.8 Å². The van der Waals surface area contributed by atoms with Crippen LogP contribution in [0, 0.1) is 0 Å². The van der Waals surface area contributed by atoms with Crippen molar-refractivity contribution in [3.63, 3.8) is 0 Å². The summed E-state index contributed by atoms with van der Waals surface area (Å²) in [5.41, 5.74) is 0. The normalized spacial score (nSPS) is 19.2. The lowest BCUT2D eigenvalue weighted by atomic mass is 10.2. The number of likely N-dealkylation sites (N-methyl/N-ethyl adjacent to an activating group) is 1. The van der Waals surface area contributed by atoms with Gasteiger partial charge in [0.25, 0.3) is 0 Å². The van der Waals surface area contributed by atoms with Crippen molar-refractivity contribution in [3.8, 4) is 5.75 Å². The van der Waals surface area contributed by atoms with Crippen LogP contribution in [0.1, 0.15) is 12.8 Å². The monoisotopic (exact) mass is 353 g/mol. The molecule has 0 radical (unpaired) electrons. The van der Waals surface area contributed by atoms with Crippen molar-refractivity contribution in [2.75, 3.05) is 27.3 Å². The summed E-state index contributed by atoms with van der Waals surface area (Å²) in [5, 5.41) is 0.279. The largest absolute Gasteiger partial charge is 0.495 e. The molecule has 1 fully saturated rings. The summed E-state index contributed by atoms with van der Waals surface area (Å²) < 4.78 is 36.9. The smallest absolute Gasteiger partial charge is 0.244 e. The van der Waals surface area contributed by atoms with Gasteiger partial charge in [-0.15, -0.1) is 0 Å². The number of ether oxygens (including phenoxy) is 2. The molecule has 0 N–H and O–H groups in total. The van der Waals surface area contributed by atoms with Crippen molar-refractivity contribution in [2.24, 2.45) is 0 Å². The number of nitrogens with zero attached hydrogens (tertiary/aromatic N) is 1. The van der Waals surface area contributed by atoms with E-state index in [0.29, 0.717) is 18.9 Å². The molecule has 0 saturated carbocycles. The van der Waals surface area contributed by atoms with Crippen LogP contribution in [0.15, 0.2) is 17.0 Å². The van der Waals surface area contributed by atoms with E-state index in [1.165, 1.54) is 30.6 Å². The molecule has 0 bridgehead atoms. The van der Waals surface area contributed by atoms with Crippen molar-refractivity contribution in [2.45, 2.75) is 23.8 Å². The van der Waals surface area contributed by atoms with Gasteiger partial charge >= 0.3 is 0 Å². The minimum atomic E-state index is -3.72. The Morgan fingerprint density at radius 1 is 1.38 bits per heavy atom. The maximum atomic E-state index is 12.6. The minimum absolute atomic E-state index is 0.0320. The highest BCUT2D eigenvalue weighted by Crippen LogP contribution is 2.34. The summed E-state index contributed by atoms with van der Waals surface area (Å²) in [7, 11) is -0.778. The van der Waals surface area contributed by atoms with Gasteiger partial charge in [-0.25, -0.2) is 8.42 Å². The Morgan fingerprint density at radius 2 is 2.10 bits per heavy atom. The Bertz CT molecular complexity index is 615. The molecule has 1 heterocycles. The molecule has 1 aromatic rings. The molecule has 1 aliphatic heterocycles. The van der Waals surface area contributed by atoms with Gasteiger partial charge in [-0.3, -0.25) is 0 Å². The lowest BCUT2D eigenvalue weighted by Gasteiger charge is -2.21. The lowest BCUT2D eigenvalue weighted by Crippen LogP contribution is -2.34. The van der Waals surface area contributed by atoms with Gasteiger partial charge in [-0.05, 0) is 18.9 Å². The fraction of sp³-hybridized carbons (Fsp3) is 0.538. The van der Waals surface area contributed by atoms with Crippen LogP contribution >= 0.6 is 23.2 Å². The Hall–Kier alpha value is -0.530. The molecule has 21 heavy (non-hydrogen) atoms. The standard InChI is InChI=1S/C13H17Cl2NO4S/c1-16(8-9-4-3-5-20-9)21(17,18)13-7-10(14)12(19-2)6-11(13)15/h6-7,9H,3-5,8H2,1-2H3. The zero-order valence-electron chi connectivity index (χ0n) is 11.8. The summed E-state index contributed by atoms with van der Waals surface area (Å²) >= 11 is 12.0. The average molecular weight is 354 g/mol. The van der Waals surface area contributed by atoms with E-state index in [0.717, 1.165) is 12.8 Å². The fourth-order valence-corrected chi connectivity index (χ4v) is 4.23. The number of methoxy groups -OCH3 is 1. The van der Waals surface area contributed by atoms with Gasteiger partial charge in [0, 0.05) is 26.3 Å². The average Bonchev–Trinajstić information content (AvgIpc) is 2.93. The zero-order valence-corrected chi connectivity index (χ0v) is 14.1. The van der Waals surface area contributed by atoms with Crippen LogP contribution in [0.4, 0.5) is 0 Å². The first-order valence-electron chi connectivity index (χ1n) is 6.47. The maximum absolute atomic E-state index is 12.6. The predicted molar refractivity (Wildman–Crippen MR) is 81.8 cm³/mol. The second kappa shape index (κ2) is 6.71.